The molecule has 0 aromatic carbocycles. The van der Waals surface area contributed by atoms with Crippen LogP contribution in [0.2, 0.25) is 0 Å². The molecule has 6 nitrogen and oxygen atoms in total. The lowest BCUT2D eigenvalue weighted by atomic mass is 9.91. The number of rotatable bonds is 3. The topological polar surface area (TPSA) is 86.9 Å². The van der Waals surface area contributed by atoms with Crippen LogP contribution in [0.15, 0.2) is 0 Å². The second-order valence-corrected chi connectivity index (χ2v) is 5.97. The summed E-state index contributed by atoms with van der Waals surface area (Å²) >= 11 is 0. The number of nitrogens with zero attached hydrogens (tertiary/aromatic N) is 2. The highest BCUT2D eigenvalue weighted by Crippen LogP contribution is 2.35. The molecule has 0 radical (unpaired) electrons. The van der Waals surface area contributed by atoms with Crippen LogP contribution in [-0.4, -0.2) is 58.1 Å². The van der Waals surface area contributed by atoms with Gasteiger partial charge in [0.2, 0.25) is 0 Å². The lowest BCUT2D eigenvalue weighted by Gasteiger charge is -2.40. The molecule has 2 atom stereocenters. The number of piperidine rings is 1. The molecule has 0 bridgehead atoms. The van der Waals surface area contributed by atoms with E-state index in [9.17, 15) is 14.7 Å². The van der Waals surface area contributed by atoms with E-state index >= 15 is 0 Å². The normalized spacial score (nSPS) is 30.6. The Bertz CT molecular complexity index is 388. The smallest absolute Gasteiger partial charge is 0.329 e. The summed E-state index contributed by atoms with van der Waals surface area (Å²) in [6, 6.07) is -0.130. The number of urea groups is 1. The van der Waals surface area contributed by atoms with E-state index in [0.29, 0.717) is 32.5 Å². The predicted octanol–water partition coefficient (Wildman–Crippen LogP) is 1.25. The first-order valence-electron chi connectivity index (χ1n) is 7.57. The number of nitrogens with two attached hydrogens (primary N) is 1. The van der Waals surface area contributed by atoms with Crippen LogP contribution in [0.1, 0.15) is 45.4 Å². The third-order valence-electron chi connectivity index (χ3n) is 4.51. The van der Waals surface area contributed by atoms with Gasteiger partial charge in [0.05, 0.1) is 0 Å². The maximum atomic E-state index is 12.7. The van der Waals surface area contributed by atoms with Crippen molar-refractivity contribution in [2.24, 2.45) is 5.73 Å². The molecule has 2 rings (SSSR count). The molecular weight excluding hydrogens is 258 g/mol. The zero-order valence-electron chi connectivity index (χ0n) is 12.2. The second kappa shape index (κ2) is 5.99. The van der Waals surface area contributed by atoms with E-state index in [4.69, 9.17) is 5.73 Å². The van der Waals surface area contributed by atoms with Crippen molar-refractivity contribution in [3.8, 4) is 0 Å². The third kappa shape index (κ3) is 2.61. The molecule has 2 aliphatic rings. The summed E-state index contributed by atoms with van der Waals surface area (Å²) in [5.41, 5.74) is 4.91. The molecule has 0 saturated carbocycles. The van der Waals surface area contributed by atoms with Crippen LogP contribution in [0.25, 0.3) is 0 Å². The zero-order valence-corrected chi connectivity index (χ0v) is 12.2. The zero-order chi connectivity index (χ0) is 14.8. The number of carboxylic acid groups (broad SMARTS) is 1. The Hall–Kier alpha value is -1.30. The summed E-state index contributed by atoms with van der Waals surface area (Å²) in [6.45, 7) is 3.72. The molecule has 3 N–H and O–H groups in total. The summed E-state index contributed by atoms with van der Waals surface area (Å²) in [5.74, 6) is -0.869. The van der Waals surface area contributed by atoms with Gasteiger partial charge < -0.3 is 20.6 Å². The molecule has 2 fully saturated rings. The summed E-state index contributed by atoms with van der Waals surface area (Å²) in [7, 11) is 0. The molecule has 0 aromatic rings. The molecule has 2 aliphatic heterocycles. The number of carbonyl (C=O) groups is 2. The summed E-state index contributed by atoms with van der Waals surface area (Å²) < 4.78 is 0. The molecular formula is C14H25N3O3. The van der Waals surface area contributed by atoms with Gasteiger partial charge in [0.15, 0.2) is 0 Å². The number of amides is 2. The third-order valence-corrected chi connectivity index (χ3v) is 4.51. The molecule has 0 aliphatic carbocycles. The van der Waals surface area contributed by atoms with Gasteiger partial charge in [-0.05, 0) is 32.1 Å². The van der Waals surface area contributed by atoms with E-state index in [1.165, 1.54) is 0 Å². The van der Waals surface area contributed by atoms with Gasteiger partial charge in [-0.3, -0.25) is 0 Å². The van der Waals surface area contributed by atoms with Crippen LogP contribution in [0.4, 0.5) is 4.79 Å². The van der Waals surface area contributed by atoms with Gasteiger partial charge in [0.25, 0.3) is 0 Å². The van der Waals surface area contributed by atoms with E-state index in [2.05, 4.69) is 0 Å². The molecule has 2 saturated heterocycles. The lowest BCUT2D eigenvalue weighted by molar-refractivity contribution is -0.148. The summed E-state index contributed by atoms with van der Waals surface area (Å²) in [6.07, 6.45) is 4.43. The van der Waals surface area contributed by atoms with Crippen LogP contribution in [0.5, 0.6) is 0 Å². The Balaban J connectivity index is 2.16. The van der Waals surface area contributed by atoms with Crippen molar-refractivity contribution >= 4 is 12.0 Å². The number of likely N-dealkylation sites (tertiary alicyclic amines) is 2. The Morgan fingerprint density at radius 2 is 2.10 bits per heavy atom. The SMILES string of the molecule is CCCC1(C(=O)O)CCCN1C(=O)N1CCCC(N)C1. The monoisotopic (exact) mass is 283 g/mol. The van der Waals surface area contributed by atoms with Crippen LogP contribution < -0.4 is 5.73 Å². The molecule has 0 aromatic heterocycles. The first kappa shape index (κ1) is 15.1. The van der Waals surface area contributed by atoms with Gasteiger partial charge in [0.1, 0.15) is 5.54 Å². The van der Waals surface area contributed by atoms with Crippen molar-refractivity contribution < 1.29 is 14.7 Å². The Kier molecular flexibility index (Phi) is 4.52. The minimum absolute atomic E-state index is 0.0145. The highest BCUT2D eigenvalue weighted by atomic mass is 16.4. The Morgan fingerprint density at radius 3 is 2.70 bits per heavy atom. The van der Waals surface area contributed by atoms with Crippen LogP contribution in [0, 0.1) is 0 Å². The van der Waals surface area contributed by atoms with E-state index in [1.54, 1.807) is 9.80 Å². The molecule has 20 heavy (non-hydrogen) atoms. The van der Waals surface area contributed by atoms with E-state index in [0.717, 1.165) is 25.7 Å². The summed E-state index contributed by atoms with van der Waals surface area (Å²) in [4.78, 5) is 27.7. The average molecular weight is 283 g/mol. The molecule has 2 amide bonds. The highest BCUT2D eigenvalue weighted by Gasteiger charge is 2.50. The molecule has 2 heterocycles. The van der Waals surface area contributed by atoms with Crippen LogP contribution >= 0.6 is 0 Å². The number of hydrogen-bond donors (Lipinski definition) is 2. The van der Waals surface area contributed by atoms with Crippen LogP contribution in [0.3, 0.4) is 0 Å². The fraction of sp³-hybridized carbons (Fsp3) is 0.857. The number of aliphatic carboxylic acids is 1. The van der Waals surface area contributed by atoms with Gasteiger partial charge in [-0.2, -0.15) is 0 Å². The number of carbonyl (C=O) groups excluding carboxylic acids is 1. The molecule has 2 unspecified atom stereocenters. The first-order chi connectivity index (χ1) is 9.51. The van der Waals surface area contributed by atoms with Gasteiger partial charge in [-0.25, -0.2) is 9.59 Å². The first-order valence-corrected chi connectivity index (χ1v) is 7.57. The Morgan fingerprint density at radius 1 is 1.35 bits per heavy atom. The number of hydrogen-bond acceptors (Lipinski definition) is 3. The van der Waals surface area contributed by atoms with Gasteiger partial charge in [-0.15, -0.1) is 0 Å². The quantitative estimate of drug-likeness (QED) is 0.816. The number of carboxylic acids is 1. The maximum Gasteiger partial charge on any atom is 0.329 e. The lowest BCUT2D eigenvalue weighted by Crippen LogP contribution is -2.59. The highest BCUT2D eigenvalue weighted by molar-refractivity contribution is 5.87. The van der Waals surface area contributed by atoms with E-state index in [1.807, 2.05) is 6.92 Å². The second-order valence-electron chi connectivity index (χ2n) is 5.97. The predicted molar refractivity (Wildman–Crippen MR) is 75.4 cm³/mol. The summed E-state index contributed by atoms with van der Waals surface area (Å²) in [5, 5.41) is 9.63. The fourth-order valence-electron chi connectivity index (χ4n) is 3.51. The minimum atomic E-state index is -1.01. The standard InChI is InChI=1S/C14H25N3O3/c1-2-6-14(12(18)19)7-4-9-17(14)13(20)16-8-3-5-11(15)10-16/h11H,2-10,15H2,1H3,(H,18,19). The average Bonchev–Trinajstić information content (AvgIpc) is 2.83. The van der Waals surface area contributed by atoms with Gasteiger partial charge >= 0.3 is 12.0 Å². The molecule has 6 heteroatoms. The van der Waals surface area contributed by atoms with Crippen molar-refractivity contribution in [3.63, 3.8) is 0 Å². The van der Waals surface area contributed by atoms with Crippen LogP contribution in [-0.2, 0) is 4.79 Å². The minimum Gasteiger partial charge on any atom is -0.479 e. The van der Waals surface area contributed by atoms with E-state index in [-0.39, 0.29) is 12.1 Å². The van der Waals surface area contributed by atoms with Gasteiger partial charge in [-0.1, -0.05) is 13.3 Å². The van der Waals surface area contributed by atoms with Gasteiger partial charge in [0, 0.05) is 25.7 Å². The maximum absolute atomic E-state index is 12.7. The van der Waals surface area contributed by atoms with Crippen molar-refractivity contribution in [2.45, 2.75) is 57.0 Å². The Labute approximate surface area is 119 Å². The van der Waals surface area contributed by atoms with Crippen molar-refractivity contribution in [3.05, 3.63) is 0 Å². The van der Waals surface area contributed by atoms with Crippen molar-refractivity contribution in [2.75, 3.05) is 19.6 Å². The molecule has 114 valence electrons. The largest absolute Gasteiger partial charge is 0.479 e. The van der Waals surface area contributed by atoms with Crippen molar-refractivity contribution in [1.82, 2.24) is 9.80 Å². The van der Waals surface area contributed by atoms with E-state index < -0.39 is 11.5 Å². The fourth-order valence-corrected chi connectivity index (χ4v) is 3.51. The van der Waals surface area contributed by atoms with Crippen molar-refractivity contribution in [1.29, 1.82) is 0 Å². The molecule has 0 spiro atoms.